The molecule has 0 fully saturated rings. The van der Waals surface area contributed by atoms with Crippen LogP contribution in [0, 0.1) is 0 Å². The molecule has 0 amide bonds. The third-order valence-corrected chi connectivity index (χ3v) is 3.87. The largest absolute Gasteiger partial charge is 0.507 e. The molecule has 0 spiro atoms. The molecule has 0 aliphatic carbocycles. The maximum Gasteiger partial charge on any atom is 0.339 e. The molecule has 0 aliphatic heterocycles. The van der Waals surface area contributed by atoms with Crippen LogP contribution in [-0.4, -0.2) is 29.9 Å². The van der Waals surface area contributed by atoms with Crippen LogP contribution < -0.4 is 4.72 Å². The summed E-state index contributed by atoms with van der Waals surface area (Å²) in [4.78, 5) is 10.7. The molecule has 94 valence electrons. The Balaban J connectivity index is 3.10. The van der Waals surface area contributed by atoms with Gasteiger partial charge >= 0.3 is 5.97 Å². The number of benzene rings is 1. The summed E-state index contributed by atoms with van der Waals surface area (Å²) in [6.45, 7) is 3.00. The first-order valence-corrected chi connectivity index (χ1v) is 6.36. The van der Waals surface area contributed by atoms with Crippen LogP contribution in [0.5, 0.6) is 5.75 Å². The van der Waals surface area contributed by atoms with E-state index >= 15 is 0 Å². The Kier molecular flexibility index (Phi) is 3.62. The Morgan fingerprint density at radius 2 is 1.94 bits per heavy atom. The minimum atomic E-state index is -3.53. The molecule has 0 aromatic heterocycles. The van der Waals surface area contributed by atoms with Crippen molar-refractivity contribution >= 4 is 21.7 Å². The van der Waals surface area contributed by atoms with Crippen LogP contribution in [0.1, 0.15) is 24.2 Å². The number of aromatic carboxylic acids is 1. The van der Waals surface area contributed by atoms with Gasteiger partial charge in [0.1, 0.15) is 11.3 Å². The number of phenols is 1. The Hall–Kier alpha value is -1.76. The highest BCUT2D eigenvalue weighted by atomic mass is 32.2. The van der Waals surface area contributed by atoms with E-state index in [-0.39, 0.29) is 11.3 Å². The second kappa shape index (κ2) is 4.62. The van der Waals surface area contributed by atoms with Crippen molar-refractivity contribution in [2.45, 2.75) is 19.1 Å². The van der Waals surface area contributed by atoms with E-state index in [1.54, 1.807) is 0 Å². The number of hydrogen-bond donors (Lipinski definition) is 3. The van der Waals surface area contributed by atoms with E-state index in [9.17, 15) is 18.3 Å². The molecule has 7 heteroatoms. The molecule has 0 saturated heterocycles. The Labute approximate surface area is 99.0 Å². The predicted octanol–water partition coefficient (Wildman–Crippen LogP) is 1.24. The SMILES string of the molecule is CC(C)S(=O)(=O)Nc1ccc(O)c(C(=O)O)c1. The lowest BCUT2D eigenvalue weighted by atomic mass is 10.2. The number of carboxylic acids is 1. The van der Waals surface area contributed by atoms with Crippen molar-refractivity contribution in [3.8, 4) is 5.75 Å². The molecule has 0 aliphatic rings. The van der Waals surface area contributed by atoms with Crippen molar-refractivity contribution in [2.24, 2.45) is 0 Å². The maximum atomic E-state index is 11.5. The van der Waals surface area contributed by atoms with E-state index in [1.165, 1.54) is 19.9 Å². The third kappa shape index (κ3) is 3.10. The molecule has 0 heterocycles. The summed E-state index contributed by atoms with van der Waals surface area (Å²) in [6.07, 6.45) is 0. The standard InChI is InChI=1S/C10H13NO5S/c1-6(2)17(15,16)11-7-3-4-9(12)8(5-7)10(13)14/h3-6,11-12H,1-2H3,(H,13,14). The van der Waals surface area contributed by atoms with Crippen molar-refractivity contribution in [3.63, 3.8) is 0 Å². The summed E-state index contributed by atoms with van der Waals surface area (Å²) < 4.78 is 25.3. The number of aromatic hydroxyl groups is 1. The van der Waals surface area contributed by atoms with Gasteiger partial charge in [-0.1, -0.05) is 0 Å². The topological polar surface area (TPSA) is 104 Å². The first kappa shape index (κ1) is 13.3. The molecule has 0 saturated carbocycles. The lowest BCUT2D eigenvalue weighted by molar-refractivity contribution is 0.0694. The van der Waals surface area contributed by atoms with Gasteiger partial charge in [0.05, 0.1) is 5.25 Å². The van der Waals surface area contributed by atoms with Crippen molar-refractivity contribution in [2.75, 3.05) is 4.72 Å². The molecule has 1 aromatic carbocycles. The van der Waals surface area contributed by atoms with Crippen LogP contribution in [0.25, 0.3) is 0 Å². The van der Waals surface area contributed by atoms with Crippen LogP contribution in [0.15, 0.2) is 18.2 Å². The molecule has 0 unspecified atom stereocenters. The Bertz CT molecular complexity index is 536. The van der Waals surface area contributed by atoms with Crippen molar-refractivity contribution < 1.29 is 23.4 Å². The molecular weight excluding hydrogens is 246 g/mol. The van der Waals surface area contributed by atoms with Gasteiger partial charge in [-0.25, -0.2) is 13.2 Å². The second-order valence-electron chi connectivity index (χ2n) is 3.73. The van der Waals surface area contributed by atoms with Gasteiger partial charge in [-0.2, -0.15) is 0 Å². The highest BCUT2D eigenvalue weighted by molar-refractivity contribution is 7.93. The van der Waals surface area contributed by atoms with E-state index in [4.69, 9.17) is 5.11 Å². The number of carbonyl (C=O) groups is 1. The Morgan fingerprint density at radius 3 is 2.41 bits per heavy atom. The van der Waals surface area contributed by atoms with Gasteiger partial charge in [0.25, 0.3) is 0 Å². The molecular formula is C10H13NO5S. The van der Waals surface area contributed by atoms with Crippen molar-refractivity contribution in [1.82, 2.24) is 0 Å². The molecule has 17 heavy (non-hydrogen) atoms. The average Bonchev–Trinajstić information content (AvgIpc) is 2.20. The molecule has 6 nitrogen and oxygen atoms in total. The highest BCUT2D eigenvalue weighted by Gasteiger charge is 2.17. The molecule has 3 N–H and O–H groups in total. The molecule has 0 atom stereocenters. The monoisotopic (exact) mass is 259 g/mol. The van der Waals surface area contributed by atoms with Crippen LogP contribution in [0.4, 0.5) is 5.69 Å². The van der Waals surface area contributed by atoms with Gasteiger partial charge < -0.3 is 10.2 Å². The van der Waals surface area contributed by atoms with Crippen LogP contribution in [0.2, 0.25) is 0 Å². The summed E-state index contributed by atoms with van der Waals surface area (Å²) in [6, 6.07) is 3.49. The first-order valence-electron chi connectivity index (χ1n) is 4.82. The van der Waals surface area contributed by atoms with E-state index in [0.29, 0.717) is 0 Å². The lowest BCUT2D eigenvalue weighted by Gasteiger charge is -2.11. The van der Waals surface area contributed by atoms with E-state index in [2.05, 4.69) is 4.72 Å². The summed E-state index contributed by atoms with van der Waals surface area (Å²) >= 11 is 0. The quantitative estimate of drug-likeness (QED) is 0.706. The van der Waals surface area contributed by atoms with Gasteiger partial charge in [-0.15, -0.1) is 0 Å². The van der Waals surface area contributed by atoms with Gasteiger partial charge in [-0.3, -0.25) is 4.72 Å². The fourth-order valence-corrected chi connectivity index (χ4v) is 1.74. The molecule has 0 bridgehead atoms. The summed E-state index contributed by atoms with van der Waals surface area (Å²) in [5.41, 5.74) is -0.247. The highest BCUT2D eigenvalue weighted by Crippen LogP contribution is 2.22. The van der Waals surface area contributed by atoms with Crippen LogP contribution in [-0.2, 0) is 10.0 Å². The van der Waals surface area contributed by atoms with Crippen molar-refractivity contribution in [1.29, 1.82) is 0 Å². The first-order chi connectivity index (χ1) is 7.74. The lowest BCUT2D eigenvalue weighted by Crippen LogP contribution is -2.22. The summed E-state index contributed by atoms with van der Waals surface area (Å²) in [5.74, 6) is -1.74. The maximum absolute atomic E-state index is 11.5. The number of anilines is 1. The average molecular weight is 259 g/mol. The number of hydrogen-bond acceptors (Lipinski definition) is 4. The zero-order chi connectivity index (χ0) is 13.2. The van der Waals surface area contributed by atoms with Gasteiger partial charge in [0.15, 0.2) is 0 Å². The summed E-state index contributed by atoms with van der Waals surface area (Å²) in [5, 5.41) is 17.4. The molecule has 1 aromatic rings. The fraction of sp³-hybridized carbons (Fsp3) is 0.300. The van der Waals surface area contributed by atoms with Gasteiger partial charge in [0, 0.05) is 5.69 Å². The second-order valence-corrected chi connectivity index (χ2v) is 5.97. The number of sulfonamides is 1. The minimum Gasteiger partial charge on any atom is -0.507 e. The summed E-state index contributed by atoms with van der Waals surface area (Å²) in [7, 11) is -3.53. The van der Waals surface area contributed by atoms with Crippen LogP contribution in [0.3, 0.4) is 0 Å². The predicted molar refractivity (Wildman–Crippen MR) is 62.7 cm³/mol. The van der Waals surface area contributed by atoms with E-state index in [1.807, 2.05) is 0 Å². The minimum absolute atomic E-state index is 0.105. The third-order valence-electron chi connectivity index (χ3n) is 2.11. The van der Waals surface area contributed by atoms with Gasteiger partial charge in [-0.05, 0) is 32.0 Å². The van der Waals surface area contributed by atoms with Crippen LogP contribution >= 0.6 is 0 Å². The smallest absolute Gasteiger partial charge is 0.339 e. The normalized spacial score (nSPS) is 11.5. The number of carboxylic acid groups (broad SMARTS) is 1. The number of rotatable bonds is 4. The Morgan fingerprint density at radius 1 is 1.35 bits per heavy atom. The zero-order valence-corrected chi connectivity index (χ0v) is 10.2. The number of nitrogens with one attached hydrogen (secondary N) is 1. The zero-order valence-electron chi connectivity index (χ0n) is 9.34. The van der Waals surface area contributed by atoms with E-state index in [0.717, 1.165) is 12.1 Å². The fourth-order valence-electron chi connectivity index (χ4n) is 1.05. The van der Waals surface area contributed by atoms with Crippen molar-refractivity contribution in [3.05, 3.63) is 23.8 Å². The molecule has 1 rings (SSSR count). The molecule has 0 radical (unpaired) electrons. The van der Waals surface area contributed by atoms with Gasteiger partial charge in [0.2, 0.25) is 10.0 Å². The van der Waals surface area contributed by atoms with E-state index < -0.39 is 27.0 Å².